The van der Waals surface area contributed by atoms with Gasteiger partial charge in [0.05, 0.1) is 5.69 Å². The minimum Gasteiger partial charge on any atom is -0.221 e. The molecule has 1 heterocycles. The van der Waals surface area contributed by atoms with Crippen molar-refractivity contribution < 1.29 is 0 Å². The maximum Gasteiger partial charge on any atom is 0.147 e. The molecular weight excluding hydrogens is 200 g/mol. The zero-order valence-electron chi connectivity index (χ0n) is 9.04. The molecule has 4 heteroatoms. The Morgan fingerprint density at radius 2 is 1.94 bits per heavy atom. The zero-order valence-corrected chi connectivity index (χ0v) is 9.04. The number of nitriles is 1. The number of aromatic nitrogens is 3. The predicted molar refractivity (Wildman–Crippen MR) is 62.9 cm³/mol. The molecule has 0 unspecified atom stereocenters. The highest BCUT2D eigenvalue weighted by atomic mass is 15.3. The van der Waals surface area contributed by atoms with Crippen molar-refractivity contribution in [2.45, 2.75) is 6.92 Å². The molecule has 0 amide bonds. The largest absolute Gasteiger partial charge is 0.221 e. The molecule has 0 N–H and O–H groups in total. The molecule has 0 bridgehead atoms. The van der Waals surface area contributed by atoms with E-state index in [2.05, 4.69) is 23.2 Å². The Kier molecular flexibility index (Phi) is 3.98. The van der Waals surface area contributed by atoms with Crippen molar-refractivity contribution in [1.82, 2.24) is 14.8 Å². The quantitative estimate of drug-likeness (QED) is 0.767. The number of nitrogens with zero attached hydrogens (tertiary/aromatic N) is 4. The van der Waals surface area contributed by atoms with E-state index in [1.165, 1.54) is 0 Å². The van der Waals surface area contributed by atoms with Crippen molar-refractivity contribution in [2.75, 3.05) is 0 Å². The van der Waals surface area contributed by atoms with Gasteiger partial charge in [0.25, 0.3) is 0 Å². The first-order valence-corrected chi connectivity index (χ1v) is 4.66. The number of benzene rings is 1. The van der Waals surface area contributed by atoms with E-state index in [-0.39, 0.29) is 0 Å². The molecule has 1 aromatic carbocycles. The van der Waals surface area contributed by atoms with Gasteiger partial charge in [-0.05, 0) is 24.6 Å². The second kappa shape index (κ2) is 5.47. The Morgan fingerprint density at radius 1 is 1.31 bits per heavy atom. The van der Waals surface area contributed by atoms with Gasteiger partial charge in [0.1, 0.15) is 12.2 Å². The SMILES string of the molecule is C#N.C=Cc1ccc(-n2cnc(C)n2)cc1. The molecule has 0 aliphatic carbocycles. The lowest BCUT2D eigenvalue weighted by molar-refractivity contribution is 0.862. The van der Waals surface area contributed by atoms with Crippen LogP contribution < -0.4 is 0 Å². The summed E-state index contributed by atoms with van der Waals surface area (Å²) in [5.74, 6) is 0.776. The van der Waals surface area contributed by atoms with Crippen LogP contribution in [-0.2, 0) is 0 Å². The van der Waals surface area contributed by atoms with Gasteiger partial charge in [-0.3, -0.25) is 0 Å². The van der Waals surface area contributed by atoms with Crippen LogP contribution in [0.15, 0.2) is 37.2 Å². The normalized spacial score (nSPS) is 8.94. The molecule has 4 nitrogen and oxygen atoms in total. The zero-order chi connectivity index (χ0) is 12.0. The summed E-state index contributed by atoms with van der Waals surface area (Å²) in [5, 5.41) is 10.7. The Balaban J connectivity index is 0.000000606. The number of rotatable bonds is 2. The van der Waals surface area contributed by atoms with Crippen LogP contribution in [0.3, 0.4) is 0 Å². The fraction of sp³-hybridized carbons (Fsp3) is 0.0833. The molecule has 0 aliphatic rings. The highest BCUT2D eigenvalue weighted by Crippen LogP contribution is 2.08. The van der Waals surface area contributed by atoms with Crippen molar-refractivity contribution >= 4 is 6.08 Å². The molecule has 0 fully saturated rings. The lowest BCUT2D eigenvalue weighted by atomic mass is 10.2. The van der Waals surface area contributed by atoms with Crippen molar-refractivity contribution in [1.29, 1.82) is 5.26 Å². The molecule has 2 rings (SSSR count). The van der Waals surface area contributed by atoms with E-state index >= 15 is 0 Å². The molecule has 0 saturated heterocycles. The molecule has 0 saturated carbocycles. The predicted octanol–water partition coefficient (Wildman–Crippen LogP) is 2.36. The van der Waals surface area contributed by atoms with Crippen LogP contribution in [0.1, 0.15) is 11.4 Å². The summed E-state index contributed by atoms with van der Waals surface area (Å²) < 4.78 is 1.75. The highest BCUT2D eigenvalue weighted by molar-refractivity contribution is 5.49. The van der Waals surface area contributed by atoms with Crippen molar-refractivity contribution in [3.05, 3.63) is 48.6 Å². The standard InChI is InChI=1S/C11H11N3.CHN/c1-3-10-4-6-11(7-5-10)14-8-12-9(2)13-14;1-2/h3-8H,1H2,2H3;1H. The summed E-state index contributed by atoms with van der Waals surface area (Å²) in [6, 6.07) is 7.98. The van der Waals surface area contributed by atoms with E-state index in [1.54, 1.807) is 11.0 Å². The Labute approximate surface area is 94.5 Å². The first-order chi connectivity index (χ1) is 7.79. The number of aryl methyl sites for hydroxylation is 1. The summed E-state index contributed by atoms with van der Waals surface area (Å²) in [5.41, 5.74) is 2.11. The van der Waals surface area contributed by atoms with Crippen LogP contribution in [0.4, 0.5) is 0 Å². The van der Waals surface area contributed by atoms with Gasteiger partial charge in [-0.25, -0.2) is 14.9 Å². The first kappa shape index (κ1) is 11.7. The van der Waals surface area contributed by atoms with E-state index in [0.717, 1.165) is 17.1 Å². The third kappa shape index (κ3) is 2.55. The lowest BCUT2D eigenvalue weighted by Gasteiger charge is -1.99. The van der Waals surface area contributed by atoms with Crippen molar-refractivity contribution in [2.24, 2.45) is 0 Å². The summed E-state index contributed by atoms with van der Waals surface area (Å²) >= 11 is 0. The van der Waals surface area contributed by atoms with E-state index in [1.807, 2.05) is 37.3 Å². The molecule has 16 heavy (non-hydrogen) atoms. The van der Waals surface area contributed by atoms with Gasteiger partial charge in [-0.1, -0.05) is 24.8 Å². The first-order valence-electron chi connectivity index (χ1n) is 4.66. The maximum absolute atomic E-state index is 6.50. The molecule has 1 aromatic heterocycles. The molecule has 0 radical (unpaired) electrons. The van der Waals surface area contributed by atoms with E-state index < -0.39 is 0 Å². The molecule has 0 aliphatic heterocycles. The smallest absolute Gasteiger partial charge is 0.147 e. The molecule has 80 valence electrons. The summed E-state index contributed by atoms with van der Waals surface area (Å²) in [7, 11) is 0. The second-order valence-corrected chi connectivity index (χ2v) is 3.03. The third-order valence-electron chi connectivity index (χ3n) is 2.00. The summed E-state index contributed by atoms with van der Waals surface area (Å²) in [4.78, 5) is 4.07. The average Bonchev–Trinajstić information content (AvgIpc) is 2.79. The average molecular weight is 212 g/mol. The maximum atomic E-state index is 6.50. The monoisotopic (exact) mass is 212 g/mol. The summed E-state index contributed by atoms with van der Waals surface area (Å²) in [6.45, 7) is 9.07. The van der Waals surface area contributed by atoms with Crippen LogP contribution in [-0.4, -0.2) is 14.8 Å². The molecule has 0 atom stereocenters. The van der Waals surface area contributed by atoms with Gasteiger partial charge in [-0.2, -0.15) is 5.10 Å². The fourth-order valence-electron chi connectivity index (χ4n) is 1.23. The van der Waals surface area contributed by atoms with Crippen LogP contribution in [0.2, 0.25) is 0 Å². The van der Waals surface area contributed by atoms with Crippen LogP contribution in [0.5, 0.6) is 0 Å². The lowest BCUT2D eigenvalue weighted by Crippen LogP contribution is -1.94. The van der Waals surface area contributed by atoms with E-state index in [9.17, 15) is 0 Å². The summed E-state index contributed by atoms with van der Waals surface area (Å²) in [6.07, 6.45) is 3.52. The Hall–Kier alpha value is -2.41. The van der Waals surface area contributed by atoms with Gasteiger partial charge in [0.15, 0.2) is 0 Å². The molecular formula is C12H12N4. The van der Waals surface area contributed by atoms with Gasteiger partial charge >= 0.3 is 0 Å². The van der Waals surface area contributed by atoms with Gasteiger partial charge in [0, 0.05) is 6.57 Å². The Bertz CT molecular complexity index is 479. The second-order valence-electron chi connectivity index (χ2n) is 3.03. The third-order valence-corrected chi connectivity index (χ3v) is 2.00. The van der Waals surface area contributed by atoms with E-state index in [4.69, 9.17) is 5.26 Å². The molecule has 0 spiro atoms. The topological polar surface area (TPSA) is 54.5 Å². The van der Waals surface area contributed by atoms with Gasteiger partial charge in [-0.15, -0.1) is 0 Å². The van der Waals surface area contributed by atoms with Gasteiger partial charge in [0.2, 0.25) is 0 Å². The van der Waals surface area contributed by atoms with E-state index in [0.29, 0.717) is 0 Å². The number of hydrogen-bond acceptors (Lipinski definition) is 3. The highest BCUT2D eigenvalue weighted by Gasteiger charge is 1.97. The number of hydrogen-bond donors (Lipinski definition) is 0. The Morgan fingerprint density at radius 3 is 2.38 bits per heavy atom. The molecule has 2 aromatic rings. The van der Waals surface area contributed by atoms with Crippen LogP contribution >= 0.6 is 0 Å². The van der Waals surface area contributed by atoms with Crippen LogP contribution in [0.25, 0.3) is 11.8 Å². The van der Waals surface area contributed by atoms with Crippen molar-refractivity contribution in [3.8, 4) is 12.3 Å². The van der Waals surface area contributed by atoms with Crippen LogP contribution in [0, 0.1) is 18.8 Å². The fourth-order valence-corrected chi connectivity index (χ4v) is 1.23. The minimum atomic E-state index is 0.776. The minimum absolute atomic E-state index is 0.776. The van der Waals surface area contributed by atoms with Gasteiger partial charge < -0.3 is 0 Å². The van der Waals surface area contributed by atoms with Crippen molar-refractivity contribution in [3.63, 3.8) is 0 Å².